The number of para-hydroxylation sites is 2. The van der Waals surface area contributed by atoms with E-state index in [2.05, 4.69) is 15.5 Å². The number of nitrogens with one attached hydrogen (secondary N) is 1. The van der Waals surface area contributed by atoms with Crippen LogP contribution in [0, 0.1) is 6.92 Å². The molecule has 0 atom stereocenters. The lowest BCUT2D eigenvalue weighted by Crippen LogP contribution is -2.15. The number of amides is 1. The smallest absolute Gasteiger partial charge is 0.277 e. The van der Waals surface area contributed by atoms with E-state index in [1.807, 2.05) is 0 Å². The number of thioether (sulfide) groups is 1. The predicted octanol–water partition coefficient (Wildman–Crippen LogP) is 1.69. The first kappa shape index (κ1) is 12.4. The number of nitrogens with two attached hydrogens (primary N) is 1. The molecule has 2 aromatic rings. The Balaban J connectivity index is 1.88. The monoisotopic (exact) mass is 264 g/mol. The zero-order chi connectivity index (χ0) is 13.0. The standard InChI is InChI=1S/C11H12N4O2S/c1-7-14-15-11(17-7)18-6-10(16)13-9-5-3-2-4-8(9)12/h2-5H,6,12H2,1H3,(H,13,16). The van der Waals surface area contributed by atoms with Gasteiger partial charge in [-0.25, -0.2) is 0 Å². The average molecular weight is 264 g/mol. The minimum atomic E-state index is -0.172. The van der Waals surface area contributed by atoms with Crippen LogP contribution >= 0.6 is 11.8 Å². The molecule has 0 spiro atoms. The number of carbonyl (C=O) groups excluding carboxylic acids is 1. The molecule has 3 N–H and O–H groups in total. The number of aromatic nitrogens is 2. The number of hydrogen-bond acceptors (Lipinski definition) is 6. The number of anilines is 2. The topological polar surface area (TPSA) is 94.0 Å². The highest BCUT2D eigenvalue weighted by molar-refractivity contribution is 7.99. The molecule has 1 aromatic heterocycles. The van der Waals surface area contributed by atoms with Crippen LogP contribution in [0.4, 0.5) is 11.4 Å². The zero-order valence-electron chi connectivity index (χ0n) is 9.71. The molecule has 0 radical (unpaired) electrons. The SMILES string of the molecule is Cc1nnc(SCC(=O)Nc2ccccc2N)o1. The van der Waals surface area contributed by atoms with Crippen LogP contribution in [0.15, 0.2) is 33.9 Å². The summed E-state index contributed by atoms with van der Waals surface area (Å²) in [6.45, 7) is 1.70. The maximum absolute atomic E-state index is 11.7. The molecular formula is C11H12N4O2S. The van der Waals surface area contributed by atoms with Gasteiger partial charge in [-0.2, -0.15) is 0 Å². The molecule has 1 amide bonds. The minimum absolute atomic E-state index is 0.172. The molecule has 2 rings (SSSR count). The van der Waals surface area contributed by atoms with Crippen LogP contribution in [-0.2, 0) is 4.79 Å². The second-order valence-corrected chi connectivity index (χ2v) is 4.44. The highest BCUT2D eigenvalue weighted by Crippen LogP contribution is 2.19. The van der Waals surface area contributed by atoms with E-state index in [4.69, 9.17) is 10.2 Å². The molecular weight excluding hydrogens is 252 g/mol. The fraction of sp³-hybridized carbons (Fsp3) is 0.182. The summed E-state index contributed by atoms with van der Waals surface area (Å²) in [6, 6.07) is 7.08. The van der Waals surface area contributed by atoms with Crippen LogP contribution in [0.5, 0.6) is 0 Å². The van der Waals surface area contributed by atoms with Crippen LogP contribution in [0.3, 0.4) is 0 Å². The third-order valence-electron chi connectivity index (χ3n) is 2.07. The van der Waals surface area contributed by atoms with Crippen molar-refractivity contribution in [1.82, 2.24) is 10.2 Å². The zero-order valence-corrected chi connectivity index (χ0v) is 10.5. The van der Waals surface area contributed by atoms with Crippen LogP contribution in [-0.4, -0.2) is 21.9 Å². The second-order valence-electron chi connectivity index (χ2n) is 3.51. The third-order valence-corrected chi connectivity index (χ3v) is 2.89. The molecule has 0 aliphatic rings. The molecule has 0 aliphatic carbocycles. The Kier molecular flexibility index (Phi) is 3.83. The van der Waals surface area contributed by atoms with Crippen molar-refractivity contribution in [3.05, 3.63) is 30.2 Å². The number of benzene rings is 1. The molecule has 6 nitrogen and oxygen atoms in total. The summed E-state index contributed by atoms with van der Waals surface area (Å²) in [5.41, 5.74) is 6.85. The van der Waals surface area contributed by atoms with Gasteiger partial charge in [0.05, 0.1) is 17.1 Å². The lowest BCUT2D eigenvalue weighted by Gasteiger charge is -2.06. The first-order valence-electron chi connectivity index (χ1n) is 5.22. The van der Waals surface area contributed by atoms with E-state index in [1.165, 1.54) is 11.8 Å². The summed E-state index contributed by atoms with van der Waals surface area (Å²) in [6.07, 6.45) is 0. The largest absolute Gasteiger partial charge is 0.416 e. The van der Waals surface area contributed by atoms with E-state index in [9.17, 15) is 4.79 Å². The molecule has 7 heteroatoms. The number of nitrogens with zero attached hydrogens (tertiary/aromatic N) is 2. The van der Waals surface area contributed by atoms with Gasteiger partial charge in [0.15, 0.2) is 0 Å². The molecule has 18 heavy (non-hydrogen) atoms. The summed E-state index contributed by atoms with van der Waals surface area (Å²) < 4.78 is 5.14. The first-order chi connectivity index (χ1) is 8.65. The van der Waals surface area contributed by atoms with Crippen LogP contribution < -0.4 is 11.1 Å². The molecule has 1 heterocycles. The summed E-state index contributed by atoms with van der Waals surface area (Å²) in [5.74, 6) is 0.495. The van der Waals surface area contributed by atoms with Gasteiger partial charge >= 0.3 is 0 Å². The van der Waals surface area contributed by atoms with E-state index in [0.717, 1.165) is 0 Å². The van der Waals surface area contributed by atoms with Crippen molar-refractivity contribution in [3.8, 4) is 0 Å². The van der Waals surface area contributed by atoms with Gasteiger partial charge in [0, 0.05) is 6.92 Å². The van der Waals surface area contributed by atoms with Crippen LogP contribution in [0.1, 0.15) is 5.89 Å². The van der Waals surface area contributed by atoms with Crippen LogP contribution in [0.25, 0.3) is 0 Å². The lowest BCUT2D eigenvalue weighted by molar-refractivity contribution is -0.113. The highest BCUT2D eigenvalue weighted by Gasteiger charge is 2.09. The Bertz CT molecular complexity index is 555. The van der Waals surface area contributed by atoms with Gasteiger partial charge in [0.1, 0.15) is 0 Å². The molecule has 0 unspecified atom stereocenters. The van der Waals surface area contributed by atoms with E-state index < -0.39 is 0 Å². The fourth-order valence-corrected chi connectivity index (χ4v) is 1.87. The minimum Gasteiger partial charge on any atom is -0.416 e. The molecule has 0 aliphatic heterocycles. The van der Waals surface area contributed by atoms with Crippen molar-refractivity contribution < 1.29 is 9.21 Å². The van der Waals surface area contributed by atoms with E-state index >= 15 is 0 Å². The van der Waals surface area contributed by atoms with Gasteiger partial charge in [-0.1, -0.05) is 23.9 Å². The first-order valence-corrected chi connectivity index (χ1v) is 6.21. The Hall–Kier alpha value is -2.02. The van der Waals surface area contributed by atoms with Gasteiger partial charge in [0.25, 0.3) is 5.22 Å². The van der Waals surface area contributed by atoms with Crippen LogP contribution in [0.2, 0.25) is 0 Å². The number of aryl methyl sites for hydroxylation is 1. The molecule has 1 aromatic carbocycles. The van der Waals surface area contributed by atoms with Crippen molar-refractivity contribution >= 4 is 29.0 Å². The maximum atomic E-state index is 11.7. The van der Waals surface area contributed by atoms with E-state index in [0.29, 0.717) is 22.5 Å². The number of carbonyl (C=O) groups is 1. The molecule has 94 valence electrons. The van der Waals surface area contributed by atoms with Gasteiger partial charge in [-0.15, -0.1) is 10.2 Å². The molecule has 0 saturated heterocycles. The van der Waals surface area contributed by atoms with Gasteiger partial charge in [0.2, 0.25) is 11.8 Å². The van der Waals surface area contributed by atoms with Gasteiger partial charge in [-0.3, -0.25) is 4.79 Å². The fourth-order valence-electron chi connectivity index (χ4n) is 1.26. The highest BCUT2D eigenvalue weighted by atomic mass is 32.2. The summed E-state index contributed by atoms with van der Waals surface area (Å²) in [5, 5.41) is 10.5. The number of rotatable bonds is 4. The van der Waals surface area contributed by atoms with E-state index in [-0.39, 0.29) is 11.7 Å². The second kappa shape index (κ2) is 5.54. The Morgan fingerprint density at radius 2 is 2.22 bits per heavy atom. The van der Waals surface area contributed by atoms with Crippen molar-refractivity contribution in [2.24, 2.45) is 0 Å². The normalized spacial score (nSPS) is 10.3. The summed E-state index contributed by atoms with van der Waals surface area (Å²) in [7, 11) is 0. The quantitative estimate of drug-likeness (QED) is 0.644. The maximum Gasteiger partial charge on any atom is 0.277 e. The van der Waals surface area contributed by atoms with Crippen molar-refractivity contribution in [1.29, 1.82) is 0 Å². The Labute approximate surface area is 108 Å². The average Bonchev–Trinajstić information content (AvgIpc) is 2.76. The van der Waals surface area contributed by atoms with Crippen molar-refractivity contribution in [3.63, 3.8) is 0 Å². The van der Waals surface area contributed by atoms with Gasteiger partial charge in [-0.05, 0) is 12.1 Å². The molecule has 0 fully saturated rings. The summed E-state index contributed by atoms with van der Waals surface area (Å²) in [4.78, 5) is 11.7. The van der Waals surface area contributed by atoms with Crippen molar-refractivity contribution in [2.75, 3.05) is 16.8 Å². The molecule has 0 saturated carbocycles. The number of hydrogen-bond donors (Lipinski definition) is 2. The summed E-state index contributed by atoms with van der Waals surface area (Å²) >= 11 is 1.18. The van der Waals surface area contributed by atoms with E-state index in [1.54, 1.807) is 31.2 Å². The predicted molar refractivity (Wildman–Crippen MR) is 69.2 cm³/mol. The molecule has 0 bridgehead atoms. The van der Waals surface area contributed by atoms with Crippen molar-refractivity contribution in [2.45, 2.75) is 12.1 Å². The Morgan fingerprint density at radius 1 is 1.44 bits per heavy atom. The van der Waals surface area contributed by atoms with Gasteiger partial charge < -0.3 is 15.5 Å². The number of nitrogen functional groups attached to an aromatic ring is 1. The Morgan fingerprint density at radius 3 is 2.89 bits per heavy atom. The third kappa shape index (κ3) is 3.24. The lowest BCUT2D eigenvalue weighted by atomic mass is 10.3.